The molecule has 3 N–H and O–H groups in total. The summed E-state index contributed by atoms with van der Waals surface area (Å²) >= 11 is 0. The van der Waals surface area contributed by atoms with Gasteiger partial charge in [0.1, 0.15) is 0 Å². The first-order chi connectivity index (χ1) is 11.3. The number of nitrogens with one attached hydrogen (secondary N) is 3. The number of nitrogens with zero attached hydrogens (tertiary/aromatic N) is 4. The molecule has 1 aliphatic heterocycles. The summed E-state index contributed by atoms with van der Waals surface area (Å²) in [6.07, 6.45) is 4.23. The molecule has 1 aliphatic rings. The highest BCUT2D eigenvalue weighted by Gasteiger charge is 2.25. The maximum Gasteiger partial charge on any atom is 0.191 e. The van der Waals surface area contributed by atoms with Crippen LogP contribution in [0.3, 0.4) is 0 Å². The molecule has 0 bridgehead atoms. The van der Waals surface area contributed by atoms with Gasteiger partial charge >= 0.3 is 0 Å². The van der Waals surface area contributed by atoms with Crippen LogP contribution < -0.4 is 15.5 Å². The lowest BCUT2D eigenvalue weighted by Gasteiger charge is -2.19. The molecule has 122 valence electrons. The van der Waals surface area contributed by atoms with Crippen LogP contribution in [0.25, 0.3) is 0 Å². The van der Waals surface area contributed by atoms with E-state index in [1.54, 1.807) is 25.5 Å². The van der Waals surface area contributed by atoms with Gasteiger partial charge in [-0.25, -0.2) is 9.37 Å². The predicted molar refractivity (Wildman–Crippen MR) is 86.7 cm³/mol. The molecular weight excluding hydrogens is 297 g/mol. The molecule has 0 radical (unpaired) electrons. The van der Waals surface area contributed by atoms with Crippen LogP contribution in [0, 0.1) is 5.82 Å². The van der Waals surface area contributed by atoms with Gasteiger partial charge < -0.3 is 15.5 Å². The van der Waals surface area contributed by atoms with E-state index in [9.17, 15) is 4.39 Å². The number of aromatic amines is 1. The zero-order chi connectivity index (χ0) is 16.1. The van der Waals surface area contributed by atoms with Gasteiger partial charge in [-0.1, -0.05) is 0 Å². The zero-order valence-electron chi connectivity index (χ0n) is 13.0. The van der Waals surface area contributed by atoms with Gasteiger partial charge in [-0.05, 0) is 24.6 Å². The monoisotopic (exact) mass is 317 g/mol. The highest BCUT2D eigenvalue weighted by atomic mass is 19.1. The van der Waals surface area contributed by atoms with Crippen molar-refractivity contribution in [3.05, 3.63) is 42.1 Å². The second-order valence-electron chi connectivity index (χ2n) is 5.39. The Kier molecular flexibility index (Phi) is 4.70. The van der Waals surface area contributed by atoms with E-state index in [2.05, 4.69) is 30.8 Å². The van der Waals surface area contributed by atoms with Crippen molar-refractivity contribution in [1.82, 2.24) is 25.8 Å². The Bertz CT molecular complexity index is 656. The first-order valence-electron chi connectivity index (χ1n) is 7.57. The summed E-state index contributed by atoms with van der Waals surface area (Å²) in [6, 6.07) is 5.14. The summed E-state index contributed by atoms with van der Waals surface area (Å²) in [5, 5.41) is 13.4. The lowest BCUT2D eigenvalue weighted by molar-refractivity contribution is 0.612. The van der Waals surface area contributed by atoms with Crippen LogP contribution in [0.4, 0.5) is 10.2 Å². The van der Waals surface area contributed by atoms with Crippen molar-refractivity contribution in [2.45, 2.75) is 19.0 Å². The number of aromatic nitrogens is 3. The number of aliphatic imine (C=N–C) groups is 1. The quantitative estimate of drug-likeness (QED) is 0.576. The largest absolute Gasteiger partial charge is 0.352 e. The normalized spacial score (nSPS) is 18.3. The lowest BCUT2D eigenvalue weighted by atomic mass is 10.3. The summed E-state index contributed by atoms with van der Waals surface area (Å²) < 4.78 is 13.8. The van der Waals surface area contributed by atoms with Crippen molar-refractivity contribution in [3.63, 3.8) is 0 Å². The van der Waals surface area contributed by atoms with Crippen molar-refractivity contribution in [2.24, 2.45) is 4.99 Å². The van der Waals surface area contributed by atoms with Crippen LogP contribution in [0.2, 0.25) is 0 Å². The molecular formula is C15H20FN7. The maximum absolute atomic E-state index is 13.8. The van der Waals surface area contributed by atoms with Crippen molar-refractivity contribution in [2.75, 3.05) is 25.0 Å². The minimum atomic E-state index is -0.282. The number of rotatable bonds is 4. The molecule has 2 aromatic heterocycles. The van der Waals surface area contributed by atoms with E-state index < -0.39 is 0 Å². The molecule has 8 heteroatoms. The van der Waals surface area contributed by atoms with Crippen molar-refractivity contribution >= 4 is 11.8 Å². The van der Waals surface area contributed by atoms with Gasteiger partial charge in [-0.15, -0.1) is 0 Å². The number of guanidine groups is 1. The zero-order valence-corrected chi connectivity index (χ0v) is 13.0. The Labute approximate surface area is 134 Å². The van der Waals surface area contributed by atoms with Gasteiger partial charge in [0.15, 0.2) is 17.6 Å². The van der Waals surface area contributed by atoms with E-state index in [1.807, 2.05) is 11.0 Å². The van der Waals surface area contributed by atoms with Crippen LogP contribution in [0.15, 0.2) is 35.6 Å². The minimum Gasteiger partial charge on any atom is -0.352 e. The maximum atomic E-state index is 13.8. The predicted octanol–water partition coefficient (Wildman–Crippen LogP) is 0.888. The Morgan fingerprint density at radius 2 is 2.39 bits per heavy atom. The molecule has 0 spiro atoms. The van der Waals surface area contributed by atoms with Crippen molar-refractivity contribution in [3.8, 4) is 0 Å². The number of halogens is 1. The summed E-state index contributed by atoms with van der Waals surface area (Å²) in [7, 11) is 1.73. The van der Waals surface area contributed by atoms with E-state index in [0.29, 0.717) is 24.9 Å². The Morgan fingerprint density at radius 3 is 3.13 bits per heavy atom. The molecule has 7 nitrogen and oxygen atoms in total. The van der Waals surface area contributed by atoms with Gasteiger partial charge in [-0.3, -0.25) is 10.1 Å². The topological polar surface area (TPSA) is 81.2 Å². The Hall–Kier alpha value is -2.64. The highest BCUT2D eigenvalue weighted by Crippen LogP contribution is 2.20. The van der Waals surface area contributed by atoms with Crippen LogP contribution >= 0.6 is 0 Å². The Morgan fingerprint density at radius 1 is 1.48 bits per heavy atom. The van der Waals surface area contributed by atoms with Crippen LogP contribution in [0.1, 0.15) is 12.1 Å². The summed E-state index contributed by atoms with van der Waals surface area (Å²) in [5.41, 5.74) is 0.983. The average Bonchev–Trinajstić information content (AvgIpc) is 3.23. The third kappa shape index (κ3) is 3.77. The molecule has 1 unspecified atom stereocenters. The van der Waals surface area contributed by atoms with Crippen molar-refractivity contribution < 1.29 is 4.39 Å². The second kappa shape index (κ2) is 7.08. The molecule has 0 aliphatic carbocycles. The minimum absolute atomic E-state index is 0.198. The summed E-state index contributed by atoms with van der Waals surface area (Å²) in [5.74, 6) is 0.847. The van der Waals surface area contributed by atoms with Gasteiger partial charge in [0.25, 0.3) is 0 Å². The fourth-order valence-corrected chi connectivity index (χ4v) is 2.63. The van der Waals surface area contributed by atoms with E-state index >= 15 is 0 Å². The number of hydrogen-bond acceptors (Lipinski definition) is 4. The average molecular weight is 317 g/mol. The molecule has 3 rings (SSSR count). The molecule has 1 saturated heterocycles. The smallest absolute Gasteiger partial charge is 0.191 e. The molecule has 0 aromatic carbocycles. The van der Waals surface area contributed by atoms with E-state index in [0.717, 1.165) is 18.7 Å². The van der Waals surface area contributed by atoms with Crippen LogP contribution in [-0.4, -0.2) is 47.3 Å². The summed E-state index contributed by atoms with van der Waals surface area (Å²) in [6.45, 7) is 2.08. The number of H-pyrrole nitrogens is 1. The Balaban J connectivity index is 1.53. The van der Waals surface area contributed by atoms with E-state index in [4.69, 9.17) is 0 Å². The fourth-order valence-electron chi connectivity index (χ4n) is 2.63. The first-order valence-corrected chi connectivity index (χ1v) is 7.57. The van der Waals surface area contributed by atoms with Gasteiger partial charge in [0.05, 0.1) is 12.2 Å². The number of hydrogen-bond donors (Lipinski definition) is 3. The fraction of sp³-hybridized carbons (Fsp3) is 0.400. The van der Waals surface area contributed by atoms with Gasteiger partial charge in [0, 0.05) is 38.6 Å². The van der Waals surface area contributed by atoms with E-state index in [-0.39, 0.29) is 11.9 Å². The molecule has 0 saturated carbocycles. The molecule has 23 heavy (non-hydrogen) atoms. The van der Waals surface area contributed by atoms with Gasteiger partial charge in [0.2, 0.25) is 0 Å². The standard InChI is InChI=1S/C15H20FN7/c1-17-15(19-9-11-4-7-20-22-11)21-12-5-8-23(10-12)14-13(16)3-2-6-18-14/h2-4,6-7,12H,5,8-10H2,1H3,(H,20,22)(H2,17,19,21). The highest BCUT2D eigenvalue weighted by molar-refractivity contribution is 5.80. The van der Waals surface area contributed by atoms with Crippen LogP contribution in [-0.2, 0) is 6.54 Å². The number of pyridine rings is 1. The third-order valence-electron chi connectivity index (χ3n) is 3.80. The van der Waals surface area contributed by atoms with Gasteiger partial charge in [-0.2, -0.15) is 5.10 Å². The SMILES string of the molecule is CN=C(NCc1ccn[nH]1)NC1CCN(c2ncccc2F)C1. The molecule has 2 aromatic rings. The number of anilines is 1. The molecule has 1 atom stereocenters. The van der Waals surface area contributed by atoms with E-state index in [1.165, 1.54) is 6.07 Å². The third-order valence-corrected chi connectivity index (χ3v) is 3.80. The summed E-state index contributed by atoms with van der Waals surface area (Å²) in [4.78, 5) is 10.3. The lowest BCUT2D eigenvalue weighted by Crippen LogP contribution is -2.44. The molecule has 1 fully saturated rings. The van der Waals surface area contributed by atoms with Crippen molar-refractivity contribution in [1.29, 1.82) is 0 Å². The molecule has 0 amide bonds. The second-order valence-corrected chi connectivity index (χ2v) is 5.39. The first kappa shape index (κ1) is 15.3. The molecule has 3 heterocycles. The van der Waals surface area contributed by atoms with Crippen LogP contribution in [0.5, 0.6) is 0 Å².